The van der Waals surface area contributed by atoms with E-state index in [9.17, 15) is 4.79 Å². The molecule has 3 heterocycles. The van der Waals surface area contributed by atoms with E-state index >= 15 is 0 Å². The Labute approximate surface area is 150 Å². The van der Waals surface area contributed by atoms with Crippen molar-refractivity contribution in [1.82, 2.24) is 15.1 Å². The number of urea groups is 1. The summed E-state index contributed by atoms with van der Waals surface area (Å²) < 4.78 is 5.86. The van der Waals surface area contributed by atoms with Gasteiger partial charge < -0.3 is 15.0 Å². The normalized spacial score (nSPS) is 26.4. The van der Waals surface area contributed by atoms with Crippen molar-refractivity contribution in [3.8, 4) is 5.75 Å². The topological polar surface area (TPSA) is 44.8 Å². The number of likely N-dealkylation sites (tertiary alicyclic amines) is 2. The van der Waals surface area contributed by atoms with Crippen LogP contribution in [-0.2, 0) is 0 Å². The molecule has 3 aliphatic rings. The van der Waals surface area contributed by atoms with Crippen LogP contribution in [-0.4, -0.2) is 54.7 Å². The summed E-state index contributed by atoms with van der Waals surface area (Å²) in [6.45, 7) is 8.99. The first-order chi connectivity index (χ1) is 12.1. The van der Waals surface area contributed by atoms with Crippen molar-refractivity contribution in [3.05, 3.63) is 28.8 Å². The van der Waals surface area contributed by atoms with Gasteiger partial charge in [0.1, 0.15) is 5.75 Å². The second kappa shape index (κ2) is 6.87. The van der Waals surface area contributed by atoms with Crippen LogP contribution in [0.2, 0.25) is 0 Å². The maximum absolute atomic E-state index is 12.8. The fourth-order valence-corrected chi connectivity index (χ4v) is 4.60. The third-order valence-corrected chi connectivity index (χ3v) is 5.88. The summed E-state index contributed by atoms with van der Waals surface area (Å²) in [6.07, 6.45) is 4.56. The van der Waals surface area contributed by atoms with Crippen LogP contribution in [0.15, 0.2) is 12.1 Å². The van der Waals surface area contributed by atoms with Gasteiger partial charge in [0.05, 0.1) is 12.6 Å². The second-order valence-corrected chi connectivity index (χ2v) is 7.77. The zero-order valence-corrected chi connectivity index (χ0v) is 15.4. The van der Waals surface area contributed by atoms with Crippen molar-refractivity contribution in [2.45, 2.75) is 51.6 Å². The Morgan fingerprint density at radius 1 is 1.16 bits per heavy atom. The third kappa shape index (κ3) is 3.34. The van der Waals surface area contributed by atoms with Gasteiger partial charge in [0.2, 0.25) is 0 Å². The molecule has 1 aromatic carbocycles. The van der Waals surface area contributed by atoms with Gasteiger partial charge in [-0.2, -0.15) is 0 Å². The summed E-state index contributed by atoms with van der Waals surface area (Å²) >= 11 is 0. The molecule has 25 heavy (non-hydrogen) atoms. The van der Waals surface area contributed by atoms with Crippen molar-refractivity contribution in [2.24, 2.45) is 0 Å². The summed E-state index contributed by atoms with van der Waals surface area (Å²) in [6, 6.07) is 4.99. The molecule has 2 saturated heterocycles. The molecule has 2 atom stereocenters. The highest BCUT2D eigenvalue weighted by molar-refractivity contribution is 5.75. The maximum Gasteiger partial charge on any atom is 0.317 e. The molecule has 3 aliphatic heterocycles. The molecule has 0 radical (unpaired) electrons. The molecule has 2 amide bonds. The Hall–Kier alpha value is -1.75. The SMILES string of the molecule is Cc1cc(C)c2c(c1)[C@@H](NC(=O)N1CC[C@@H](N3CCCC3)C1)CCO2. The van der Waals surface area contributed by atoms with E-state index < -0.39 is 0 Å². The van der Waals surface area contributed by atoms with Gasteiger partial charge in [-0.1, -0.05) is 17.7 Å². The summed E-state index contributed by atoms with van der Waals surface area (Å²) in [5.41, 5.74) is 3.51. The molecule has 5 heteroatoms. The van der Waals surface area contributed by atoms with Gasteiger partial charge in [-0.15, -0.1) is 0 Å². The zero-order chi connectivity index (χ0) is 17.4. The first-order valence-corrected chi connectivity index (χ1v) is 9.65. The van der Waals surface area contributed by atoms with Crippen LogP contribution < -0.4 is 10.1 Å². The number of nitrogens with one attached hydrogen (secondary N) is 1. The van der Waals surface area contributed by atoms with Crippen molar-refractivity contribution >= 4 is 6.03 Å². The van der Waals surface area contributed by atoms with Crippen LogP contribution >= 0.6 is 0 Å². The number of amides is 2. The van der Waals surface area contributed by atoms with E-state index in [0.29, 0.717) is 12.6 Å². The number of ether oxygens (including phenoxy) is 1. The lowest BCUT2D eigenvalue weighted by Gasteiger charge is -2.30. The minimum Gasteiger partial charge on any atom is -0.493 e. The van der Waals surface area contributed by atoms with E-state index in [1.807, 2.05) is 4.90 Å². The van der Waals surface area contributed by atoms with Gasteiger partial charge in [-0.25, -0.2) is 4.79 Å². The molecule has 5 nitrogen and oxygen atoms in total. The smallest absolute Gasteiger partial charge is 0.317 e. The number of aryl methyl sites for hydroxylation is 2. The summed E-state index contributed by atoms with van der Waals surface area (Å²) in [7, 11) is 0. The van der Waals surface area contributed by atoms with Crippen molar-refractivity contribution in [1.29, 1.82) is 0 Å². The lowest BCUT2D eigenvalue weighted by molar-refractivity contribution is 0.188. The fourth-order valence-electron chi connectivity index (χ4n) is 4.60. The van der Waals surface area contributed by atoms with Crippen LogP contribution in [0.25, 0.3) is 0 Å². The van der Waals surface area contributed by atoms with Crippen molar-refractivity contribution in [3.63, 3.8) is 0 Å². The Kier molecular flexibility index (Phi) is 4.59. The van der Waals surface area contributed by atoms with Gasteiger partial charge in [-0.3, -0.25) is 4.90 Å². The van der Waals surface area contributed by atoms with E-state index in [0.717, 1.165) is 42.8 Å². The van der Waals surface area contributed by atoms with Gasteiger partial charge in [-0.05, 0) is 51.8 Å². The number of hydrogen-bond donors (Lipinski definition) is 1. The van der Waals surface area contributed by atoms with E-state index in [-0.39, 0.29) is 12.1 Å². The standard InChI is InChI=1S/C20H29N3O2/c1-14-11-15(2)19-17(12-14)18(6-10-25-19)21-20(24)23-9-5-16(13-23)22-7-3-4-8-22/h11-12,16,18H,3-10,13H2,1-2H3,(H,21,24)/t16-,18+/m1/s1. The molecule has 4 rings (SSSR count). The lowest BCUT2D eigenvalue weighted by Crippen LogP contribution is -2.43. The van der Waals surface area contributed by atoms with E-state index in [1.165, 1.54) is 31.5 Å². The number of hydrogen-bond acceptors (Lipinski definition) is 3. The molecule has 136 valence electrons. The average Bonchev–Trinajstić information content (AvgIpc) is 3.27. The molecular formula is C20H29N3O2. The lowest BCUT2D eigenvalue weighted by atomic mass is 9.96. The first-order valence-electron chi connectivity index (χ1n) is 9.65. The first kappa shape index (κ1) is 16.7. The number of rotatable bonds is 2. The highest BCUT2D eigenvalue weighted by Gasteiger charge is 2.33. The van der Waals surface area contributed by atoms with Gasteiger partial charge in [0, 0.05) is 31.1 Å². The highest BCUT2D eigenvalue weighted by Crippen LogP contribution is 2.36. The minimum absolute atomic E-state index is 0.0562. The Bertz CT molecular complexity index is 655. The summed E-state index contributed by atoms with van der Waals surface area (Å²) in [5, 5.41) is 3.27. The molecule has 1 N–H and O–H groups in total. The van der Waals surface area contributed by atoms with E-state index in [4.69, 9.17) is 4.74 Å². The third-order valence-electron chi connectivity index (χ3n) is 5.88. The Balaban J connectivity index is 1.42. The molecule has 0 unspecified atom stereocenters. The second-order valence-electron chi connectivity index (χ2n) is 7.77. The predicted octanol–water partition coefficient (Wildman–Crippen LogP) is 3.01. The van der Waals surface area contributed by atoms with E-state index in [2.05, 4.69) is 36.2 Å². The molecule has 0 spiro atoms. The van der Waals surface area contributed by atoms with Crippen LogP contribution in [0.1, 0.15) is 48.4 Å². The number of carbonyl (C=O) groups is 1. The largest absolute Gasteiger partial charge is 0.493 e. The van der Waals surface area contributed by atoms with E-state index in [1.54, 1.807) is 0 Å². The summed E-state index contributed by atoms with van der Waals surface area (Å²) in [5.74, 6) is 0.957. The number of nitrogens with zero attached hydrogens (tertiary/aromatic N) is 2. The average molecular weight is 343 g/mol. The molecule has 0 aromatic heterocycles. The van der Waals surface area contributed by atoms with Crippen LogP contribution in [0.5, 0.6) is 5.75 Å². The quantitative estimate of drug-likeness (QED) is 0.898. The monoisotopic (exact) mass is 343 g/mol. The van der Waals surface area contributed by atoms with Crippen LogP contribution in [0.3, 0.4) is 0 Å². The number of benzene rings is 1. The van der Waals surface area contributed by atoms with Crippen molar-refractivity contribution < 1.29 is 9.53 Å². The van der Waals surface area contributed by atoms with Crippen LogP contribution in [0.4, 0.5) is 4.79 Å². The van der Waals surface area contributed by atoms with Gasteiger partial charge in [0.15, 0.2) is 0 Å². The molecule has 1 aromatic rings. The number of fused-ring (bicyclic) bond motifs is 1. The summed E-state index contributed by atoms with van der Waals surface area (Å²) in [4.78, 5) is 17.4. The molecule has 0 bridgehead atoms. The van der Waals surface area contributed by atoms with Crippen molar-refractivity contribution in [2.75, 3.05) is 32.8 Å². The molecule has 0 aliphatic carbocycles. The molecule has 2 fully saturated rings. The van der Waals surface area contributed by atoms with Gasteiger partial charge >= 0.3 is 6.03 Å². The minimum atomic E-state index is 0.0562. The predicted molar refractivity (Wildman–Crippen MR) is 98.1 cm³/mol. The van der Waals surface area contributed by atoms with Gasteiger partial charge in [0.25, 0.3) is 0 Å². The Morgan fingerprint density at radius 3 is 2.76 bits per heavy atom. The fraction of sp³-hybridized carbons (Fsp3) is 0.650. The number of carbonyl (C=O) groups excluding carboxylic acids is 1. The van der Waals surface area contributed by atoms with Crippen LogP contribution in [0, 0.1) is 13.8 Å². The highest BCUT2D eigenvalue weighted by atomic mass is 16.5. The molecule has 0 saturated carbocycles. The maximum atomic E-state index is 12.8. The molecular weight excluding hydrogens is 314 g/mol. The zero-order valence-electron chi connectivity index (χ0n) is 15.4. The Morgan fingerprint density at radius 2 is 1.96 bits per heavy atom.